The van der Waals surface area contributed by atoms with Crippen molar-refractivity contribution < 1.29 is 27.0 Å². The molecular formula is C20H23F2IN2O4S. The summed E-state index contributed by atoms with van der Waals surface area (Å²) in [7, 11) is -3.65. The van der Waals surface area contributed by atoms with E-state index < -0.39 is 33.8 Å². The number of hydrogen-bond acceptors (Lipinski definition) is 5. The van der Waals surface area contributed by atoms with Crippen molar-refractivity contribution in [3.8, 4) is 5.75 Å². The molecule has 0 amide bonds. The fraction of sp³-hybridized carbons (Fsp3) is 0.400. The van der Waals surface area contributed by atoms with Crippen LogP contribution in [0.15, 0.2) is 36.4 Å². The SMILES string of the molecule is CS(=O)(=O)N[C@@H](Cc1cc(F)cc(F)c1)[C@@H](O)CN[C@H]1CCOc2ccc(I)cc21. The minimum atomic E-state index is -3.65. The Kier molecular flexibility index (Phi) is 7.66. The van der Waals surface area contributed by atoms with Gasteiger partial charge in [0.15, 0.2) is 0 Å². The summed E-state index contributed by atoms with van der Waals surface area (Å²) in [5.74, 6) is -0.747. The zero-order chi connectivity index (χ0) is 21.9. The lowest BCUT2D eigenvalue weighted by Crippen LogP contribution is -2.49. The van der Waals surface area contributed by atoms with Crippen molar-refractivity contribution in [1.29, 1.82) is 0 Å². The molecule has 3 N–H and O–H groups in total. The van der Waals surface area contributed by atoms with Gasteiger partial charge < -0.3 is 15.2 Å². The highest BCUT2D eigenvalue weighted by Crippen LogP contribution is 2.33. The highest BCUT2D eigenvalue weighted by Gasteiger charge is 2.27. The van der Waals surface area contributed by atoms with E-state index in [1.165, 1.54) is 0 Å². The van der Waals surface area contributed by atoms with Crippen molar-refractivity contribution in [2.75, 3.05) is 19.4 Å². The van der Waals surface area contributed by atoms with E-state index >= 15 is 0 Å². The Labute approximate surface area is 188 Å². The molecule has 0 radical (unpaired) electrons. The molecule has 0 saturated heterocycles. The van der Waals surface area contributed by atoms with Crippen LogP contribution in [0.2, 0.25) is 0 Å². The summed E-state index contributed by atoms with van der Waals surface area (Å²) >= 11 is 2.21. The van der Waals surface area contributed by atoms with Crippen LogP contribution >= 0.6 is 22.6 Å². The number of nitrogens with one attached hydrogen (secondary N) is 2. The van der Waals surface area contributed by atoms with E-state index in [4.69, 9.17) is 4.74 Å². The zero-order valence-corrected chi connectivity index (χ0v) is 19.2. The van der Waals surface area contributed by atoms with Crippen LogP contribution in [0, 0.1) is 15.2 Å². The molecule has 0 aliphatic carbocycles. The molecule has 0 saturated carbocycles. The van der Waals surface area contributed by atoms with Crippen LogP contribution < -0.4 is 14.8 Å². The largest absolute Gasteiger partial charge is 0.493 e. The molecule has 0 unspecified atom stereocenters. The van der Waals surface area contributed by atoms with Crippen molar-refractivity contribution in [1.82, 2.24) is 10.0 Å². The molecule has 0 spiro atoms. The molecule has 3 atom stereocenters. The number of ether oxygens (including phenoxy) is 1. The molecule has 0 fully saturated rings. The molecule has 2 aromatic carbocycles. The van der Waals surface area contributed by atoms with Gasteiger partial charge in [-0.1, -0.05) is 0 Å². The summed E-state index contributed by atoms with van der Waals surface area (Å²) in [4.78, 5) is 0. The molecule has 30 heavy (non-hydrogen) atoms. The van der Waals surface area contributed by atoms with E-state index in [1.807, 2.05) is 18.2 Å². The molecule has 0 aromatic heterocycles. The van der Waals surface area contributed by atoms with Crippen LogP contribution in [0.1, 0.15) is 23.6 Å². The summed E-state index contributed by atoms with van der Waals surface area (Å²) in [5, 5.41) is 14.0. The number of fused-ring (bicyclic) bond motifs is 1. The lowest BCUT2D eigenvalue weighted by molar-refractivity contribution is 0.127. The summed E-state index contributed by atoms with van der Waals surface area (Å²) in [5.41, 5.74) is 1.22. The van der Waals surface area contributed by atoms with Crippen molar-refractivity contribution in [2.45, 2.75) is 31.0 Å². The molecule has 164 valence electrons. The average molecular weight is 552 g/mol. The average Bonchev–Trinajstić information content (AvgIpc) is 2.63. The Morgan fingerprint density at radius 2 is 1.93 bits per heavy atom. The second-order valence-electron chi connectivity index (χ2n) is 7.33. The van der Waals surface area contributed by atoms with Gasteiger partial charge in [0.05, 0.1) is 25.0 Å². The Hall–Kier alpha value is -1.34. The van der Waals surface area contributed by atoms with Gasteiger partial charge in [-0.3, -0.25) is 0 Å². The first-order chi connectivity index (χ1) is 14.1. The summed E-state index contributed by atoms with van der Waals surface area (Å²) in [6.45, 7) is 0.607. The highest BCUT2D eigenvalue weighted by atomic mass is 127. The van der Waals surface area contributed by atoms with Gasteiger partial charge in [-0.2, -0.15) is 0 Å². The van der Waals surface area contributed by atoms with Crippen LogP contribution in [0.3, 0.4) is 0 Å². The fourth-order valence-corrected chi connectivity index (χ4v) is 4.80. The standard InChI is InChI=1S/C20H23F2IN2O4S/c1-30(27,28)25-18(8-12-6-13(21)9-14(22)7-12)19(26)11-24-17-4-5-29-20-3-2-15(23)10-16(17)20/h2-3,6-7,9-10,17-19,24-26H,4-5,8,11H2,1H3/t17-,18-,19-/m0/s1. The van der Waals surface area contributed by atoms with Crippen LogP contribution in [0.5, 0.6) is 5.75 Å². The smallest absolute Gasteiger partial charge is 0.209 e. The normalized spacial score (nSPS) is 18.4. The maximum absolute atomic E-state index is 13.5. The Balaban J connectivity index is 1.72. The van der Waals surface area contributed by atoms with Crippen LogP contribution in [-0.2, 0) is 16.4 Å². The number of hydrogen-bond donors (Lipinski definition) is 3. The number of aliphatic hydroxyl groups excluding tert-OH is 1. The van der Waals surface area contributed by atoms with Crippen molar-refractivity contribution in [2.24, 2.45) is 0 Å². The van der Waals surface area contributed by atoms with Gasteiger partial charge in [0, 0.05) is 34.2 Å². The molecule has 10 heteroatoms. The first-order valence-corrected chi connectivity index (χ1v) is 12.3. The lowest BCUT2D eigenvalue weighted by Gasteiger charge is -2.30. The van der Waals surface area contributed by atoms with E-state index in [0.717, 1.165) is 39.3 Å². The maximum Gasteiger partial charge on any atom is 0.209 e. The van der Waals surface area contributed by atoms with E-state index in [0.29, 0.717) is 13.0 Å². The van der Waals surface area contributed by atoms with Gasteiger partial charge in [-0.05, 0) is 64.9 Å². The van der Waals surface area contributed by atoms with Gasteiger partial charge in [-0.15, -0.1) is 0 Å². The van der Waals surface area contributed by atoms with Crippen LogP contribution in [-0.4, -0.2) is 45.1 Å². The quantitative estimate of drug-likeness (QED) is 0.439. The second kappa shape index (κ2) is 9.86. The number of aliphatic hydroxyl groups is 1. The zero-order valence-electron chi connectivity index (χ0n) is 16.2. The molecular weight excluding hydrogens is 529 g/mol. The van der Waals surface area contributed by atoms with Crippen LogP contribution in [0.4, 0.5) is 8.78 Å². The summed E-state index contributed by atoms with van der Waals surface area (Å²) in [6.07, 6.45) is 0.481. The predicted octanol–water partition coefficient (Wildman–Crippen LogP) is 2.50. The van der Waals surface area contributed by atoms with Gasteiger partial charge in [0.1, 0.15) is 17.4 Å². The van der Waals surface area contributed by atoms with Gasteiger partial charge in [0.25, 0.3) is 0 Å². The molecule has 1 aliphatic rings. The molecule has 0 bridgehead atoms. The van der Waals surface area contributed by atoms with Gasteiger partial charge in [0.2, 0.25) is 10.0 Å². The molecule has 1 heterocycles. The number of benzene rings is 2. The molecule has 2 aromatic rings. The second-order valence-corrected chi connectivity index (χ2v) is 10.4. The van der Waals surface area contributed by atoms with Crippen molar-refractivity contribution >= 4 is 32.6 Å². The first kappa shape index (κ1) is 23.3. The minimum Gasteiger partial charge on any atom is -0.493 e. The first-order valence-electron chi connectivity index (χ1n) is 9.36. The number of halogens is 3. The fourth-order valence-electron chi connectivity index (χ4n) is 3.50. The third-order valence-corrected chi connectivity index (χ3v) is 6.19. The Morgan fingerprint density at radius 3 is 2.60 bits per heavy atom. The van der Waals surface area contributed by atoms with Gasteiger partial charge >= 0.3 is 0 Å². The Bertz CT molecular complexity index is 986. The topological polar surface area (TPSA) is 87.7 Å². The lowest BCUT2D eigenvalue weighted by atomic mass is 9.98. The molecule has 6 nitrogen and oxygen atoms in total. The third-order valence-electron chi connectivity index (χ3n) is 4.79. The highest BCUT2D eigenvalue weighted by molar-refractivity contribution is 14.1. The monoisotopic (exact) mass is 552 g/mol. The number of rotatable bonds is 8. The summed E-state index contributed by atoms with van der Waals surface area (Å²) in [6, 6.07) is 7.81. The third kappa shape index (κ3) is 6.58. The van der Waals surface area contributed by atoms with E-state index in [1.54, 1.807) is 0 Å². The Morgan fingerprint density at radius 1 is 1.23 bits per heavy atom. The molecule has 3 rings (SSSR count). The van der Waals surface area contributed by atoms with Crippen molar-refractivity contribution in [3.05, 3.63) is 62.7 Å². The summed E-state index contributed by atoms with van der Waals surface area (Å²) < 4.78 is 59.7. The van der Waals surface area contributed by atoms with E-state index in [9.17, 15) is 22.3 Å². The van der Waals surface area contributed by atoms with Crippen molar-refractivity contribution in [3.63, 3.8) is 0 Å². The maximum atomic E-state index is 13.5. The minimum absolute atomic E-state index is 0.0626. The van der Waals surface area contributed by atoms with Crippen LogP contribution in [0.25, 0.3) is 0 Å². The molecule has 1 aliphatic heterocycles. The predicted molar refractivity (Wildman–Crippen MR) is 118 cm³/mol. The van der Waals surface area contributed by atoms with Gasteiger partial charge in [-0.25, -0.2) is 21.9 Å². The number of sulfonamides is 1. The van der Waals surface area contributed by atoms with E-state index in [2.05, 4.69) is 32.6 Å². The van der Waals surface area contributed by atoms with E-state index in [-0.39, 0.29) is 24.6 Å².